The van der Waals surface area contributed by atoms with E-state index >= 15 is 0 Å². The summed E-state index contributed by atoms with van der Waals surface area (Å²) in [5.74, 6) is -0.743. The molecule has 0 radical (unpaired) electrons. The van der Waals surface area contributed by atoms with Crippen LogP contribution in [0.3, 0.4) is 0 Å². The molecular weight excluding hydrogens is 255 g/mol. The van der Waals surface area contributed by atoms with Crippen molar-refractivity contribution in [3.05, 3.63) is 65.2 Å². The molecule has 0 N–H and O–H groups in total. The van der Waals surface area contributed by atoms with Gasteiger partial charge in [-0.25, -0.2) is 4.98 Å². The molecule has 4 heteroatoms. The third kappa shape index (κ3) is 2.54. The van der Waals surface area contributed by atoms with Crippen LogP contribution in [-0.2, 0) is 12.8 Å². The van der Waals surface area contributed by atoms with Gasteiger partial charge in [-0.15, -0.1) is 0 Å². The maximum atomic E-state index is 13.1. The van der Waals surface area contributed by atoms with Gasteiger partial charge in [0.1, 0.15) is 0 Å². The van der Waals surface area contributed by atoms with Gasteiger partial charge in [0.05, 0.1) is 0 Å². The summed E-state index contributed by atoms with van der Waals surface area (Å²) >= 11 is 0. The number of hydrogen-bond donors (Lipinski definition) is 0. The Bertz CT molecular complexity index is 615. The fourth-order valence-corrected chi connectivity index (χ4v) is 2.59. The number of benzene rings is 1. The van der Waals surface area contributed by atoms with Crippen LogP contribution in [-0.4, -0.2) is 28.9 Å². The summed E-state index contributed by atoms with van der Waals surface area (Å²) in [6.45, 7) is 1.33. The first-order chi connectivity index (χ1) is 9.74. The summed E-state index contributed by atoms with van der Waals surface area (Å²) in [5.41, 5.74) is 2.95. The maximum Gasteiger partial charge on any atom is 0.254 e. The Morgan fingerprint density at radius 2 is 1.75 bits per heavy atom. The largest absolute Gasteiger partial charge is 0.338 e. The second-order valence-electron chi connectivity index (χ2n) is 4.93. The lowest BCUT2D eigenvalue weighted by atomic mass is 10.0. The maximum absolute atomic E-state index is 13.1. The molecule has 20 heavy (non-hydrogen) atoms. The van der Waals surface area contributed by atoms with Crippen LogP contribution in [0.5, 0.6) is 0 Å². The standard InChI is InChI=1S/C16H15FN2O/c17-15-11-14(5-8-18-15)16(20)19-9-6-12-3-1-2-4-13(12)7-10-19/h1-5,8,11H,6-7,9-10H2. The SMILES string of the molecule is O=C(c1ccnc(F)c1)N1CCc2ccccc2CC1. The van der Waals surface area contributed by atoms with Crippen LogP contribution in [0.25, 0.3) is 0 Å². The zero-order valence-corrected chi connectivity index (χ0v) is 11.1. The number of aromatic nitrogens is 1. The minimum absolute atomic E-state index is 0.126. The number of halogens is 1. The van der Waals surface area contributed by atoms with Crippen LogP contribution in [0, 0.1) is 5.95 Å². The molecule has 0 saturated heterocycles. The van der Waals surface area contributed by atoms with Crippen molar-refractivity contribution < 1.29 is 9.18 Å². The van der Waals surface area contributed by atoms with E-state index in [0.29, 0.717) is 18.7 Å². The molecule has 0 aliphatic carbocycles. The molecule has 1 aliphatic rings. The Morgan fingerprint density at radius 3 is 2.35 bits per heavy atom. The van der Waals surface area contributed by atoms with E-state index in [1.165, 1.54) is 23.4 Å². The molecule has 0 fully saturated rings. The summed E-state index contributed by atoms with van der Waals surface area (Å²) in [5, 5.41) is 0. The number of hydrogen-bond acceptors (Lipinski definition) is 2. The molecule has 1 aromatic heterocycles. The smallest absolute Gasteiger partial charge is 0.254 e. The molecule has 2 aromatic rings. The Morgan fingerprint density at radius 1 is 1.10 bits per heavy atom. The van der Waals surface area contributed by atoms with Crippen molar-refractivity contribution in [3.63, 3.8) is 0 Å². The molecule has 0 saturated carbocycles. The van der Waals surface area contributed by atoms with E-state index in [9.17, 15) is 9.18 Å². The number of carbonyl (C=O) groups is 1. The average Bonchev–Trinajstić information content (AvgIpc) is 2.69. The normalized spacial score (nSPS) is 14.6. The van der Waals surface area contributed by atoms with Gasteiger partial charge in [0.25, 0.3) is 5.91 Å². The number of nitrogens with zero attached hydrogens (tertiary/aromatic N) is 2. The molecule has 1 aliphatic heterocycles. The molecule has 0 atom stereocenters. The van der Waals surface area contributed by atoms with Crippen molar-refractivity contribution in [2.45, 2.75) is 12.8 Å². The average molecular weight is 270 g/mol. The molecule has 0 bridgehead atoms. The first-order valence-corrected chi connectivity index (χ1v) is 6.71. The zero-order chi connectivity index (χ0) is 13.9. The number of carbonyl (C=O) groups excluding carboxylic acids is 1. The Balaban J connectivity index is 1.78. The Hall–Kier alpha value is -2.23. The van der Waals surface area contributed by atoms with E-state index in [1.807, 2.05) is 12.1 Å². The van der Waals surface area contributed by atoms with Crippen LogP contribution in [0.1, 0.15) is 21.5 Å². The summed E-state index contributed by atoms with van der Waals surface area (Å²) in [6, 6.07) is 11.0. The fourth-order valence-electron chi connectivity index (χ4n) is 2.59. The van der Waals surface area contributed by atoms with Crippen LogP contribution in [0.15, 0.2) is 42.6 Å². The van der Waals surface area contributed by atoms with Gasteiger partial charge in [0.2, 0.25) is 5.95 Å². The van der Waals surface area contributed by atoms with Gasteiger partial charge in [0.15, 0.2) is 0 Å². The van der Waals surface area contributed by atoms with Gasteiger partial charge in [-0.1, -0.05) is 24.3 Å². The molecule has 0 unspecified atom stereocenters. The van der Waals surface area contributed by atoms with Gasteiger partial charge in [-0.05, 0) is 30.0 Å². The number of pyridine rings is 1. The van der Waals surface area contributed by atoms with Crippen LogP contribution in [0.4, 0.5) is 4.39 Å². The van der Waals surface area contributed by atoms with Crippen LogP contribution >= 0.6 is 0 Å². The molecule has 1 amide bonds. The lowest BCUT2D eigenvalue weighted by Gasteiger charge is -2.20. The first kappa shape index (κ1) is 12.8. The highest BCUT2D eigenvalue weighted by Crippen LogP contribution is 2.17. The van der Waals surface area contributed by atoms with Crippen molar-refractivity contribution in [1.29, 1.82) is 0 Å². The molecule has 2 heterocycles. The van der Waals surface area contributed by atoms with Gasteiger partial charge >= 0.3 is 0 Å². The highest BCUT2D eigenvalue weighted by Gasteiger charge is 2.19. The second-order valence-corrected chi connectivity index (χ2v) is 4.93. The minimum atomic E-state index is -0.617. The Kier molecular flexibility index (Phi) is 3.46. The lowest BCUT2D eigenvalue weighted by Crippen LogP contribution is -2.33. The summed E-state index contributed by atoms with van der Waals surface area (Å²) < 4.78 is 13.1. The Labute approximate surface area is 117 Å². The molecular formula is C16H15FN2O. The van der Waals surface area contributed by atoms with E-state index in [4.69, 9.17) is 0 Å². The first-order valence-electron chi connectivity index (χ1n) is 6.71. The molecule has 102 valence electrons. The van der Waals surface area contributed by atoms with E-state index in [1.54, 1.807) is 11.0 Å². The minimum Gasteiger partial charge on any atom is -0.338 e. The summed E-state index contributed by atoms with van der Waals surface area (Å²) in [4.78, 5) is 17.7. The van der Waals surface area contributed by atoms with E-state index < -0.39 is 5.95 Å². The third-order valence-corrected chi connectivity index (χ3v) is 3.68. The quantitative estimate of drug-likeness (QED) is 0.746. The highest BCUT2D eigenvalue weighted by molar-refractivity contribution is 5.94. The van der Waals surface area contributed by atoms with E-state index in [0.717, 1.165) is 12.8 Å². The second kappa shape index (κ2) is 5.41. The zero-order valence-electron chi connectivity index (χ0n) is 11.1. The van der Waals surface area contributed by atoms with Crippen molar-refractivity contribution >= 4 is 5.91 Å². The number of fused-ring (bicyclic) bond motifs is 1. The predicted octanol–water partition coefficient (Wildman–Crippen LogP) is 2.46. The van der Waals surface area contributed by atoms with Gasteiger partial charge in [0, 0.05) is 30.9 Å². The number of amides is 1. The number of rotatable bonds is 1. The lowest BCUT2D eigenvalue weighted by molar-refractivity contribution is 0.0762. The highest BCUT2D eigenvalue weighted by atomic mass is 19.1. The molecule has 3 nitrogen and oxygen atoms in total. The molecule has 0 spiro atoms. The fraction of sp³-hybridized carbons (Fsp3) is 0.250. The van der Waals surface area contributed by atoms with E-state index in [-0.39, 0.29) is 5.91 Å². The summed E-state index contributed by atoms with van der Waals surface area (Å²) in [6.07, 6.45) is 3.01. The predicted molar refractivity (Wildman–Crippen MR) is 73.9 cm³/mol. The summed E-state index contributed by atoms with van der Waals surface area (Å²) in [7, 11) is 0. The van der Waals surface area contributed by atoms with Crippen LogP contribution < -0.4 is 0 Å². The van der Waals surface area contributed by atoms with Gasteiger partial charge in [-0.2, -0.15) is 4.39 Å². The third-order valence-electron chi connectivity index (χ3n) is 3.68. The van der Waals surface area contributed by atoms with Gasteiger partial charge < -0.3 is 4.90 Å². The van der Waals surface area contributed by atoms with Gasteiger partial charge in [-0.3, -0.25) is 4.79 Å². The monoisotopic (exact) mass is 270 g/mol. The molecule has 1 aromatic carbocycles. The van der Waals surface area contributed by atoms with Crippen LogP contribution in [0.2, 0.25) is 0 Å². The van der Waals surface area contributed by atoms with Crippen molar-refractivity contribution in [2.75, 3.05) is 13.1 Å². The van der Waals surface area contributed by atoms with Crippen molar-refractivity contribution in [2.24, 2.45) is 0 Å². The molecule has 3 rings (SSSR count). The van der Waals surface area contributed by atoms with Crippen molar-refractivity contribution in [3.8, 4) is 0 Å². The van der Waals surface area contributed by atoms with Crippen molar-refractivity contribution in [1.82, 2.24) is 9.88 Å². The topological polar surface area (TPSA) is 33.2 Å². The van der Waals surface area contributed by atoms with E-state index in [2.05, 4.69) is 17.1 Å².